The molecule has 0 N–H and O–H groups in total. The SMILES string of the molecule is CC1(C)[C-]=Cc2cc3c(cc21)Cc1cc2c(cc1-3)C=CC2(C)C.[C-]1=CC=CC1.[Cl-].[Cl-].[Zr+2]=[C](Cc1ccccc1)Cc1ccccc1. The fourth-order valence-electron chi connectivity index (χ4n) is 6.49. The molecule has 0 radical (unpaired) electrons. The third-order valence-corrected chi connectivity index (χ3v) is 9.83. The summed E-state index contributed by atoms with van der Waals surface area (Å²) in [5.74, 6) is 0. The average molecular weight is 719 g/mol. The molecule has 0 amide bonds. The van der Waals surface area contributed by atoms with E-state index in [-0.39, 0.29) is 35.6 Å². The second-order valence-electron chi connectivity index (χ2n) is 13.3. The molecule has 3 heteroatoms. The number of benzene rings is 4. The van der Waals surface area contributed by atoms with Crippen molar-refractivity contribution in [3.05, 3.63) is 166 Å². The van der Waals surface area contributed by atoms with Crippen molar-refractivity contribution < 1.29 is 49.0 Å². The molecule has 4 aromatic carbocycles. The molecule has 0 unspecified atom stereocenters. The Morgan fingerprint density at radius 2 is 1.30 bits per heavy atom. The molecule has 4 aliphatic carbocycles. The van der Waals surface area contributed by atoms with Crippen LogP contribution in [0.15, 0.2) is 109 Å². The summed E-state index contributed by atoms with van der Waals surface area (Å²) >= 11 is 1.55. The number of rotatable bonds is 4. The molecule has 0 aliphatic heterocycles. The Morgan fingerprint density at radius 3 is 1.83 bits per heavy atom. The van der Waals surface area contributed by atoms with Crippen molar-refractivity contribution in [2.24, 2.45) is 0 Å². The number of hydrogen-bond donors (Lipinski definition) is 0. The van der Waals surface area contributed by atoms with Gasteiger partial charge in [-0.1, -0.05) is 57.4 Å². The summed E-state index contributed by atoms with van der Waals surface area (Å²) in [6, 6.07) is 31.1. The molecule has 0 bridgehead atoms. The predicted octanol–water partition coefficient (Wildman–Crippen LogP) is 4.17. The summed E-state index contributed by atoms with van der Waals surface area (Å²) in [6.45, 7) is 9.13. The zero-order chi connectivity index (χ0) is 30.7. The molecule has 46 heavy (non-hydrogen) atoms. The van der Waals surface area contributed by atoms with Crippen LogP contribution in [0.25, 0.3) is 23.3 Å². The van der Waals surface area contributed by atoms with Crippen molar-refractivity contribution in [3.8, 4) is 11.1 Å². The Hall–Kier alpha value is -2.83. The third-order valence-electron chi connectivity index (χ3n) is 8.96. The predicted molar refractivity (Wildman–Crippen MR) is 184 cm³/mol. The number of hydrogen-bond acceptors (Lipinski definition) is 0. The maximum absolute atomic E-state index is 3.50. The zero-order valence-electron chi connectivity index (χ0n) is 27.1. The van der Waals surface area contributed by atoms with Gasteiger partial charge in [0.15, 0.2) is 0 Å². The van der Waals surface area contributed by atoms with Gasteiger partial charge in [0, 0.05) is 5.41 Å². The molecule has 232 valence electrons. The molecular formula is C43H40Cl2Zr-2. The topological polar surface area (TPSA) is 0 Å². The quantitative estimate of drug-likeness (QED) is 0.245. The molecule has 4 aromatic rings. The Kier molecular flexibility index (Phi) is 12.0. The van der Waals surface area contributed by atoms with Crippen LogP contribution >= 0.6 is 0 Å². The van der Waals surface area contributed by atoms with Crippen molar-refractivity contribution in [1.29, 1.82) is 0 Å². The number of fused-ring (bicyclic) bond motifs is 5. The Balaban J connectivity index is 0.000000183. The van der Waals surface area contributed by atoms with Crippen LogP contribution < -0.4 is 24.8 Å². The first-order chi connectivity index (χ1) is 21.2. The van der Waals surface area contributed by atoms with E-state index in [2.05, 4.69) is 149 Å². The molecule has 0 spiro atoms. The van der Waals surface area contributed by atoms with E-state index < -0.39 is 0 Å². The normalized spacial score (nSPS) is 15.6. The molecular weight excluding hydrogens is 679 g/mol. The van der Waals surface area contributed by atoms with Crippen LogP contribution in [-0.2, 0) is 54.3 Å². The fraction of sp³-hybridized carbons (Fsp3) is 0.233. The van der Waals surface area contributed by atoms with Gasteiger partial charge in [0.25, 0.3) is 0 Å². The second kappa shape index (κ2) is 15.4. The maximum atomic E-state index is 3.50. The van der Waals surface area contributed by atoms with Crippen molar-refractivity contribution in [2.45, 2.75) is 64.2 Å². The minimum absolute atomic E-state index is 0. The fourth-order valence-corrected chi connectivity index (χ4v) is 7.49. The molecule has 0 nitrogen and oxygen atoms in total. The van der Waals surface area contributed by atoms with Gasteiger partial charge in [0.1, 0.15) is 0 Å². The van der Waals surface area contributed by atoms with Crippen LogP contribution in [-0.4, -0.2) is 3.21 Å². The van der Waals surface area contributed by atoms with Gasteiger partial charge < -0.3 is 24.8 Å². The van der Waals surface area contributed by atoms with E-state index in [1.54, 1.807) is 27.4 Å². The Morgan fingerprint density at radius 1 is 0.739 bits per heavy atom. The molecule has 0 aromatic heterocycles. The molecule has 8 rings (SSSR count). The van der Waals surface area contributed by atoms with E-state index in [1.807, 2.05) is 12.2 Å². The van der Waals surface area contributed by atoms with Gasteiger partial charge in [-0.05, 0) is 45.9 Å². The summed E-state index contributed by atoms with van der Waals surface area (Å²) in [7, 11) is 0. The Bertz CT molecular complexity index is 1670. The summed E-state index contributed by atoms with van der Waals surface area (Å²) in [4.78, 5) is 0. The number of halogens is 2. The Labute approximate surface area is 303 Å². The molecule has 0 saturated heterocycles. The first-order valence-corrected chi connectivity index (χ1v) is 16.9. The van der Waals surface area contributed by atoms with Gasteiger partial charge in [-0.3, -0.25) is 12.2 Å². The van der Waals surface area contributed by atoms with Crippen molar-refractivity contribution in [2.75, 3.05) is 0 Å². The zero-order valence-corrected chi connectivity index (χ0v) is 31.1. The van der Waals surface area contributed by atoms with Crippen LogP contribution in [0.1, 0.15) is 78.6 Å². The molecule has 4 aliphatic rings. The standard InChI is InChI=1S/C23H21.C15H14.C5H5.2ClH.Zr/c1-22(2)7-5-14-10-18-16(12-20(14)22)9-17-13-21-15(11-19(17)18)6-8-23(21,3)4;1-3-8-14(9-4-1)12-7-13-15-10-5-2-6-11-15;1-2-4-5-3-1;;;/h5-7,10-13H,9H2,1-4H3;1-6,8-11H,12-13H2;1-3H,4H2;2*1H;/q-1;;-1;;;+2/p-2. The van der Waals surface area contributed by atoms with Crippen molar-refractivity contribution in [1.82, 2.24) is 0 Å². The van der Waals surface area contributed by atoms with Gasteiger partial charge in [-0.25, -0.2) is 18.2 Å². The molecule has 0 saturated carbocycles. The monoisotopic (exact) mass is 716 g/mol. The molecule has 0 heterocycles. The van der Waals surface area contributed by atoms with E-state index in [9.17, 15) is 0 Å². The van der Waals surface area contributed by atoms with E-state index in [0.717, 1.165) is 25.7 Å². The van der Waals surface area contributed by atoms with Crippen LogP contribution in [0.3, 0.4) is 0 Å². The second-order valence-corrected chi connectivity index (χ2v) is 15.0. The average Bonchev–Trinajstić information content (AvgIpc) is 3.81. The van der Waals surface area contributed by atoms with Gasteiger partial charge in [0.2, 0.25) is 0 Å². The summed E-state index contributed by atoms with van der Waals surface area (Å²) < 4.78 is 1.60. The summed E-state index contributed by atoms with van der Waals surface area (Å²) in [6.07, 6.45) is 23.6. The van der Waals surface area contributed by atoms with Gasteiger partial charge in [0.05, 0.1) is 0 Å². The van der Waals surface area contributed by atoms with Crippen LogP contribution in [0.5, 0.6) is 0 Å². The van der Waals surface area contributed by atoms with Crippen LogP contribution in [0.2, 0.25) is 0 Å². The van der Waals surface area contributed by atoms with Gasteiger partial charge in [-0.2, -0.15) is 11.6 Å². The summed E-state index contributed by atoms with van der Waals surface area (Å²) in [5.41, 5.74) is 14.5. The van der Waals surface area contributed by atoms with Crippen molar-refractivity contribution >= 4 is 15.4 Å². The van der Waals surface area contributed by atoms with E-state index in [0.29, 0.717) is 0 Å². The third kappa shape index (κ3) is 8.17. The van der Waals surface area contributed by atoms with E-state index >= 15 is 0 Å². The molecule has 0 fully saturated rings. The number of allylic oxidation sites excluding steroid dienone is 6. The van der Waals surface area contributed by atoms with Crippen LogP contribution in [0.4, 0.5) is 0 Å². The van der Waals surface area contributed by atoms with Crippen molar-refractivity contribution in [3.63, 3.8) is 0 Å². The van der Waals surface area contributed by atoms with E-state index in [1.165, 1.54) is 55.6 Å². The van der Waals surface area contributed by atoms with E-state index in [4.69, 9.17) is 0 Å². The van der Waals surface area contributed by atoms with Crippen LogP contribution in [0, 0.1) is 12.2 Å². The first-order valence-electron chi connectivity index (χ1n) is 15.7. The van der Waals surface area contributed by atoms with Gasteiger partial charge >= 0.3 is 112 Å². The van der Waals surface area contributed by atoms with Gasteiger partial charge in [-0.15, -0.1) is 18.1 Å². The molecule has 0 atom stereocenters. The minimum atomic E-state index is 0. The first kappa shape index (κ1) is 36.0. The summed E-state index contributed by atoms with van der Waals surface area (Å²) in [5, 5.41) is 0.